The average molecular weight is 532 g/mol. The maximum absolute atomic E-state index is 9.75. The zero-order chi connectivity index (χ0) is 27.5. The Morgan fingerprint density at radius 2 is 1.75 bits per heavy atom. The van der Waals surface area contributed by atoms with Crippen molar-refractivity contribution in [3.05, 3.63) is 90.8 Å². The highest BCUT2D eigenvalue weighted by molar-refractivity contribution is 5.87. The number of rotatable bonds is 7. The normalized spacial score (nSPS) is 13.9. The fourth-order valence-corrected chi connectivity index (χ4v) is 5.19. The lowest BCUT2D eigenvalue weighted by atomic mass is 10.0. The van der Waals surface area contributed by atoms with Crippen LogP contribution in [-0.4, -0.2) is 57.8 Å². The zero-order valence-electron chi connectivity index (χ0n) is 22.7. The lowest BCUT2D eigenvalue weighted by Gasteiger charge is -2.35. The third-order valence-corrected chi connectivity index (χ3v) is 7.49. The van der Waals surface area contributed by atoms with Crippen LogP contribution < -0.4 is 14.2 Å². The van der Waals surface area contributed by atoms with Gasteiger partial charge in [-0.3, -0.25) is 4.90 Å². The van der Waals surface area contributed by atoms with Crippen molar-refractivity contribution in [3.8, 4) is 34.2 Å². The van der Waals surface area contributed by atoms with Crippen molar-refractivity contribution < 1.29 is 9.30 Å². The highest BCUT2D eigenvalue weighted by Gasteiger charge is 2.19. The van der Waals surface area contributed by atoms with Gasteiger partial charge < -0.3 is 9.64 Å². The van der Waals surface area contributed by atoms with Crippen LogP contribution in [0.1, 0.15) is 18.1 Å². The number of nitrogens with zero attached hydrogens (tertiary/aromatic N) is 8. The summed E-state index contributed by atoms with van der Waals surface area (Å²) in [5.74, 6) is 1.60. The van der Waals surface area contributed by atoms with Crippen LogP contribution in [0.25, 0.3) is 27.8 Å². The molecule has 0 unspecified atom stereocenters. The van der Waals surface area contributed by atoms with Gasteiger partial charge in [0.05, 0.1) is 24.4 Å². The molecule has 6 heterocycles. The van der Waals surface area contributed by atoms with Crippen LogP contribution in [0, 0.1) is 11.3 Å². The fourth-order valence-electron chi connectivity index (χ4n) is 5.19. The molecule has 1 saturated heterocycles. The molecular formula is C31H31N8O+. The summed E-state index contributed by atoms with van der Waals surface area (Å²) >= 11 is 0. The Labute approximate surface area is 233 Å². The van der Waals surface area contributed by atoms with Crippen molar-refractivity contribution in [2.24, 2.45) is 0 Å². The lowest BCUT2D eigenvalue weighted by molar-refractivity contribution is -0.693. The molecule has 5 aromatic rings. The van der Waals surface area contributed by atoms with Crippen molar-refractivity contribution in [2.45, 2.75) is 20.0 Å². The summed E-state index contributed by atoms with van der Waals surface area (Å²) in [6, 6.07) is 16.8. The SMILES string of the molecule is CC[n+]1ccc(-c2cc(-c3ccc(N4CCN(Cc5ccc(OC)nc5)CC4)nc3)c3c(C#N)cnn3c2)cc1. The molecule has 0 saturated carbocycles. The van der Waals surface area contributed by atoms with E-state index in [2.05, 4.69) is 86.2 Å². The number of hydrogen-bond donors (Lipinski definition) is 0. The molecule has 0 N–H and O–H groups in total. The number of aromatic nitrogens is 5. The molecule has 1 aliphatic heterocycles. The van der Waals surface area contributed by atoms with Gasteiger partial charge in [0.1, 0.15) is 18.4 Å². The maximum atomic E-state index is 9.75. The van der Waals surface area contributed by atoms with Crippen LogP contribution in [0.15, 0.2) is 79.6 Å². The van der Waals surface area contributed by atoms with E-state index in [1.54, 1.807) is 17.8 Å². The van der Waals surface area contributed by atoms with E-state index >= 15 is 0 Å². The van der Waals surface area contributed by atoms with Crippen LogP contribution in [-0.2, 0) is 13.1 Å². The Morgan fingerprint density at radius 1 is 0.925 bits per heavy atom. The molecule has 0 atom stereocenters. The maximum Gasteiger partial charge on any atom is 0.212 e. The van der Waals surface area contributed by atoms with Gasteiger partial charge in [0, 0.05) is 86.2 Å². The van der Waals surface area contributed by atoms with Gasteiger partial charge in [-0.15, -0.1) is 0 Å². The van der Waals surface area contributed by atoms with Crippen LogP contribution in [0.3, 0.4) is 0 Å². The van der Waals surface area contributed by atoms with Gasteiger partial charge >= 0.3 is 0 Å². The summed E-state index contributed by atoms with van der Waals surface area (Å²) in [5, 5.41) is 14.2. The van der Waals surface area contributed by atoms with E-state index in [-0.39, 0.29) is 0 Å². The minimum Gasteiger partial charge on any atom is -0.481 e. The molecule has 0 radical (unpaired) electrons. The molecule has 9 nitrogen and oxygen atoms in total. The van der Waals surface area contributed by atoms with Crippen LogP contribution in [0.2, 0.25) is 0 Å². The molecule has 0 aliphatic carbocycles. The average Bonchev–Trinajstić information content (AvgIpc) is 3.45. The van der Waals surface area contributed by atoms with E-state index in [4.69, 9.17) is 9.72 Å². The zero-order valence-corrected chi connectivity index (χ0v) is 22.7. The molecule has 6 rings (SSSR count). The largest absolute Gasteiger partial charge is 0.481 e. The van der Waals surface area contributed by atoms with Crippen LogP contribution in [0.4, 0.5) is 5.82 Å². The number of piperazine rings is 1. The predicted octanol–water partition coefficient (Wildman–Crippen LogP) is 3.97. The molecule has 0 aromatic carbocycles. The molecule has 0 bridgehead atoms. The van der Waals surface area contributed by atoms with Crippen molar-refractivity contribution >= 4 is 11.3 Å². The number of methoxy groups -OCH3 is 1. The van der Waals surface area contributed by atoms with Gasteiger partial charge in [0.25, 0.3) is 0 Å². The third-order valence-electron chi connectivity index (χ3n) is 7.49. The first-order valence-corrected chi connectivity index (χ1v) is 13.5. The Morgan fingerprint density at radius 3 is 2.40 bits per heavy atom. The van der Waals surface area contributed by atoms with E-state index in [0.29, 0.717) is 11.4 Å². The number of fused-ring (bicyclic) bond motifs is 1. The first kappa shape index (κ1) is 25.5. The smallest absolute Gasteiger partial charge is 0.212 e. The Kier molecular flexibility index (Phi) is 7.08. The molecule has 200 valence electrons. The van der Waals surface area contributed by atoms with Crippen LogP contribution >= 0.6 is 0 Å². The van der Waals surface area contributed by atoms with Crippen molar-refractivity contribution in [3.63, 3.8) is 0 Å². The molecule has 0 amide bonds. The topological polar surface area (TPSA) is 86.5 Å². The second kappa shape index (κ2) is 11.1. The van der Waals surface area contributed by atoms with Gasteiger partial charge in [-0.05, 0) is 36.2 Å². The Bertz CT molecular complexity index is 1650. The van der Waals surface area contributed by atoms with E-state index in [1.165, 1.54) is 5.56 Å². The number of nitriles is 1. The third kappa shape index (κ3) is 5.09. The van der Waals surface area contributed by atoms with Crippen molar-refractivity contribution in [2.75, 3.05) is 38.2 Å². The van der Waals surface area contributed by atoms with Gasteiger partial charge in [-0.25, -0.2) is 19.1 Å². The Balaban J connectivity index is 1.21. The standard InChI is InChI=1S/C31H31N8O/c1-3-36-10-8-24(9-11-36)26-16-28(31-27(17-32)20-35-39(31)22-26)25-5-6-29(33-19-25)38-14-12-37(13-15-38)21-23-4-7-30(40-2)34-18-23/h4-11,16,18-20,22H,3,12-15,21H2,1-2H3/q+1. The number of anilines is 1. The minimum absolute atomic E-state index is 0.547. The number of hydrogen-bond acceptors (Lipinski definition) is 7. The van der Waals surface area contributed by atoms with E-state index in [1.807, 2.05) is 24.7 Å². The molecule has 9 heteroatoms. The van der Waals surface area contributed by atoms with Gasteiger partial charge in [0.2, 0.25) is 5.88 Å². The highest BCUT2D eigenvalue weighted by Crippen LogP contribution is 2.32. The summed E-state index contributed by atoms with van der Waals surface area (Å²) < 4.78 is 9.09. The lowest BCUT2D eigenvalue weighted by Crippen LogP contribution is -2.46. The molecule has 0 spiro atoms. The van der Waals surface area contributed by atoms with E-state index < -0.39 is 0 Å². The molecule has 1 fully saturated rings. The summed E-state index contributed by atoms with van der Waals surface area (Å²) in [6.07, 6.45) is 11.6. The fraction of sp³-hybridized carbons (Fsp3) is 0.258. The molecule has 5 aromatic heterocycles. The number of aryl methyl sites for hydroxylation is 1. The Hall–Kier alpha value is -4.81. The first-order valence-electron chi connectivity index (χ1n) is 13.5. The predicted molar refractivity (Wildman–Crippen MR) is 153 cm³/mol. The summed E-state index contributed by atoms with van der Waals surface area (Å²) in [4.78, 5) is 13.9. The first-order chi connectivity index (χ1) is 19.6. The molecule has 40 heavy (non-hydrogen) atoms. The summed E-state index contributed by atoms with van der Waals surface area (Å²) in [5.41, 5.74) is 6.54. The van der Waals surface area contributed by atoms with Crippen LogP contribution in [0.5, 0.6) is 5.88 Å². The van der Waals surface area contributed by atoms with Gasteiger partial charge in [0.15, 0.2) is 12.4 Å². The molecule has 1 aliphatic rings. The number of ether oxygens (including phenoxy) is 1. The van der Waals surface area contributed by atoms with Crippen molar-refractivity contribution in [1.82, 2.24) is 24.5 Å². The highest BCUT2D eigenvalue weighted by atomic mass is 16.5. The van der Waals surface area contributed by atoms with E-state index in [0.717, 1.165) is 72.9 Å². The van der Waals surface area contributed by atoms with Gasteiger partial charge in [-0.1, -0.05) is 6.07 Å². The minimum atomic E-state index is 0.547. The van der Waals surface area contributed by atoms with Crippen molar-refractivity contribution in [1.29, 1.82) is 5.26 Å². The summed E-state index contributed by atoms with van der Waals surface area (Å²) in [6.45, 7) is 7.63. The monoisotopic (exact) mass is 531 g/mol. The van der Waals surface area contributed by atoms with E-state index in [9.17, 15) is 5.26 Å². The quantitative estimate of drug-likeness (QED) is 0.294. The second-order valence-electron chi connectivity index (χ2n) is 9.90. The molecular weight excluding hydrogens is 500 g/mol. The second-order valence-corrected chi connectivity index (χ2v) is 9.90. The van der Waals surface area contributed by atoms with Gasteiger partial charge in [-0.2, -0.15) is 10.4 Å². The number of pyridine rings is 4. The summed E-state index contributed by atoms with van der Waals surface area (Å²) in [7, 11) is 1.63.